The largest absolute Gasteiger partial charge is 0.375 e. The Balaban J connectivity index is 1.53. The van der Waals surface area contributed by atoms with E-state index in [1.165, 1.54) is 0 Å². The van der Waals surface area contributed by atoms with Gasteiger partial charge in [0, 0.05) is 24.5 Å². The number of aryl methyl sites for hydroxylation is 1. The third-order valence-corrected chi connectivity index (χ3v) is 4.53. The van der Waals surface area contributed by atoms with Crippen molar-refractivity contribution in [3.8, 4) is 0 Å². The number of anilines is 2. The topological polar surface area (TPSA) is 91.5 Å². The van der Waals surface area contributed by atoms with Crippen LogP contribution in [-0.2, 0) is 16.1 Å². The standard InChI is InChI=1S/C21H26N4O3/c1-14-5-3-7-17(11-14)24-21(27)25-18-8-4-6-16(12-18)13-23-20(26)19-15(2)28-10-9-22-19/h3-8,11-12,15,19,22H,9-10,13H2,1-2H3,(H,23,26)(H2,24,25,27)/t15-,19+/m1/s1. The quantitative estimate of drug-likeness (QED) is 0.640. The van der Waals surface area contributed by atoms with Crippen molar-refractivity contribution in [3.05, 3.63) is 59.7 Å². The number of benzene rings is 2. The maximum atomic E-state index is 12.3. The highest BCUT2D eigenvalue weighted by Crippen LogP contribution is 2.13. The third kappa shape index (κ3) is 5.55. The summed E-state index contributed by atoms with van der Waals surface area (Å²) in [5.74, 6) is -0.0947. The highest BCUT2D eigenvalue weighted by atomic mass is 16.5. The highest BCUT2D eigenvalue weighted by Gasteiger charge is 2.27. The highest BCUT2D eigenvalue weighted by molar-refractivity contribution is 5.99. The molecule has 28 heavy (non-hydrogen) atoms. The average Bonchev–Trinajstić information content (AvgIpc) is 2.67. The Morgan fingerprint density at radius 2 is 1.82 bits per heavy atom. The molecule has 1 aliphatic heterocycles. The Labute approximate surface area is 164 Å². The smallest absolute Gasteiger partial charge is 0.323 e. The van der Waals surface area contributed by atoms with E-state index in [0.717, 1.165) is 16.8 Å². The molecule has 3 amide bonds. The van der Waals surface area contributed by atoms with Crippen LogP contribution in [0.5, 0.6) is 0 Å². The lowest BCUT2D eigenvalue weighted by atomic mass is 10.1. The Morgan fingerprint density at radius 1 is 1.11 bits per heavy atom. The van der Waals surface area contributed by atoms with Gasteiger partial charge in [0.05, 0.1) is 12.7 Å². The molecule has 1 aliphatic rings. The normalized spacial score (nSPS) is 18.9. The summed E-state index contributed by atoms with van der Waals surface area (Å²) in [6.07, 6.45) is -0.160. The van der Waals surface area contributed by atoms with Crippen molar-refractivity contribution in [2.24, 2.45) is 0 Å². The van der Waals surface area contributed by atoms with Crippen LogP contribution in [0.15, 0.2) is 48.5 Å². The zero-order valence-electron chi connectivity index (χ0n) is 16.1. The fourth-order valence-electron chi connectivity index (χ4n) is 3.10. The first kappa shape index (κ1) is 19.9. The molecule has 1 fully saturated rings. The van der Waals surface area contributed by atoms with Crippen molar-refractivity contribution in [2.45, 2.75) is 32.5 Å². The molecule has 2 aromatic carbocycles. The van der Waals surface area contributed by atoms with Crippen molar-refractivity contribution in [2.75, 3.05) is 23.8 Å². The molecule has 1 saturated heterocycles. The predicted octanol–water partition coefficient (Wildman–Crippen LogP) is 2.63. The molecule has 1 heterocycles. The maximum Gasteiger partial charge on any atom is 0.323 e. The number of ether oxygens (including phenoxy) is 1. The molecular formula is C21H26N4O3. The van der Waals surface area contributed by atoms with Crippen LogP contribution < -0.4 is 21.3 Å². The van der Waals surface area contributed by atoms with Crippen molar-refractivity contribution in [3.63, 3.8) is 0 Å². The Bertz CT molecular complexity index is 840. The number of morpholine rings is 1. The van der Waals surface area contributed by atoms with Gasteiger partial charge < -0.3 is 26.0 Å². The van der Waals surface area contributed by atoms with E-state index in [2.05, 4.69) is 21.3 Å². The third-order valence-electron chi connectivity index (χ3n) is 4.53. The lowest BCUT2D eigenvalue weighted by Crippen LogP contribution is -2.55. The summed E-state index contributed by atoms with van der Waals surface area (Å²) < 4.78 is 5.50. The van der Waals surface area contributed by atoms with Gasteiger partial charge in [-0.05, 0) is 49.2 Å². The number of rotatable bonds is 5. The van der Waals surface area contributed by atoms with Crippen LogP contribution >= 0.6 is 0 Å². The number of carbonyl (C=O) groups is 2. The average molecular weight is 382 g/mol. The Hall–Kier alpha value is -2.90. The summed E-state index contributed by atoms with van der Waals surface area (Å²) in [4.78, 5) is 24.5. The van der Waals surface area contributed by atoms with Crippen LogP contribution in [-0.4, -0.2) is 37.2 Å². The van der Waals surface area contributed by atoms with Gasteiger partial charge in [0.15, 0.2) is 0 Å². The molecule has 7 heteroatoms. The molecule has 148 valence electrons. The van der Waals surface area contributed by atoms with E-state index in [4.69, 9.17) is 4.74 Å². The Morgan fingerprint density at radius 3 is 2.54 bits per heavy atom. The van der Waals surface area contributed by atoms with E-state index in [1.807, 2.05) is 56.3 Å². The van der Waals surface area contributed by atoms with E-state index in [0.29, 0.717) is 25.4 Å². The number of hydrogen-bond acceptors (Lipinski definition) is 4. The molecule has 0 aromatic heterocycles. The Kier molecular flexibility index (Phi) is 6.62. The number of nitrogens with one attached hydrogen (secondary N) is 4. The van der Waals surface area contributed by atoms with Gasteiger partial charge in [-0.25, -0.2) is 4.79 Å². The predicted molar refractivity (Wildman–Crippen MR) is 109 cm³/mol. The number of hydrogen-bond donors (Lipinski definition) is 4. The maximum absolute atomic E-state index is 12.3. The molecule has 7 nitrogen and oxygen atoms in total. The molecule has 0 saturated carbocycles. The molecule has 4 N–H and O–H groups in total. The van der Waals surface area contributed by atoms with Gasteiger partial charge in [0.25, 0.3) is 0 Å². The number of amides is 3. The summed E-state index contributed by atoms with van der Waals surface area (Å²) in [7, 11) is 0. The summed E-state index contributed by atoms with van der Waals surface area (Å²) in [5, 5.41) is 11.7. The van der Waals surface area contributed by atoms with Crippen LogP contribution in [0.4, 0.5) is 16.2 Å². The first-order valence-corrected chi connectivity index (χ1v) is 9.37. The van der Waals surface area contributed by atoms with Crippen molar-refractivity contribution in [1.29, 1.82) is 0 Å². The zero-order valence-corrected chi connectivity index (χ0v) is 16.1. The summed E-state index contributed by atoms with van der Waals surface area (Å²) in [6, 6.07) is 14.3. The van der Waals surface area contributed by atoms with Crippen LogP contribution in [0.2, 0.25) is 0 Å². The van der Waals surface area contributed by atoms with Crippen LogP contribution in [0.1, 0.15) is 18.1 Å². The molecule has 0 bridgehead atoms. The van der Waals surface area contributed by atoms with Gasteiger partial charge in [-0.15, -0.1) is 0 Å². The van der Waals surface area contributed by atoms with E-state index >= 15 is 0 Å². The van der Waals surface area contributed by atoms with E-state index in [-0.39, 0.29) is 24.1 Å². The molecule has 0 radical (unpaired) electrons. The summed E-state index contributed by atoms with van der Waals surface area (Å²) in [5.41, 5.74) is 3.36. The fourth-order valence-corrected chi connectivity index (χ4v) is 3.10. The van der Waals surface area contributed by atoms with Gasteiger partial charge in [-0.2, -0.15) is 0 Å². The molecule has 0 aliphatic carbocycles. The summed E-state index contributed by atoms with van der Waals surface area (Å²) in [6.45, 7) is 5.50. The fraction of sp³-hybridized carbons (Fsp3) is 0.333. The van der Waals surface area contributed by atoms with Gasteiger partial charge in [-0.1, -0.05) is 24.3 Å². The minimum atomic E-state index is -0.352. The van der Waals surface area contributed by atoms with Crippen molar-refractivity contribution >= 4 is 23.3 Å². The lowest BCUT2D eigenvalue weighted by molar-refractivity contribution is -0.129. The monoisotopic (exact) mass is 382 g/mol. The van der Waals surface area contributed by atoms with E-state index < -0.39 is 0 Å². The molecule has 0 spiro atoms. The molecular weight excluding hydrogens is 356 g/mol. The van der Waals surface area contributed by atoms with Gasteiger partial charge in [0.2, 0.25) is 5.91 Å². The number of urea groups is 1. The second-order valence-electron chi connectivity index (χ2n) is 6.87. The van der Waals surface area contributed by atoms with Crippen LogP contribution in [0.3, 0.4) is 0 Å². The lowest BCUT2D eigenvalue weighted by Gasteiger charge is -2.29. The minimum absolute atomic E-state index is 0.0947. The minimum Gasteiger partial charge on any atom is -0.375 e. The van der Waals surface area contributed by atoms with E-state index in [1.54, 1.807) is 6.07 Å². The van der Waals surface area contributed by atoms with Crippen LogP contribution in [0.25, 0.3) is 0 Å². The summed E-state index contributed by atoms with van der Waals surface area (Å²) >= 11 is 0. The first-order valence-electron chi connectivity index (χ1n) is 9.37. The second kappa shape index (κ2) is 9.34. The molecule has 0 unspecified atom stereocenters. The van der Waals surface area contributed by atoms with Gasteiger partial charge >= 0.3 is 6.03 Å². The molecule has 2 atom stereocenters. The molecule has 3 rings (SSSR count). The zero-order chi connectivity index (χ0) is 19.9. The van der Waals surface area contributed by atoms with Crippen LogP contribution in [0, 0.1) is 6.92 Å². The SMILES string of the molecule is Cc1cccc(NC(=O)Nc2cccc(CNC(=O)[C@H]3NCCO[C@@H]3C)c2)c1. The second-order valence-corrected chi connectivity index (χ2v) is 6.87. The van der Waals surface area contributed by atoms with Gasteiger partial charge in [-0.3, -0.25) is 4.79 Å². The van der Waals surface area contributed by atoms with E-state index in [9.17, 15) is 9.59 Å². The van der Waals surface area contributed by atoms with Gasteiger partial charge in [0.1, 0.15) is 6.04 Å². The first-order chi connectivity index (χ1) is 13.5. The van der Waals surface area contributed by atoms with Crippen molar-refractivity contribution in [1.82, 2.24) is 10.6 Å². The molecule has 2 aromatic rings. The number of carbonyl (C=O) groups excluding carboxylic acids is 2. The van der Waals surface area contributed by atoms with Crippen molar-refractivity contribution < 1.29 is 14.3 Å².